The smallest absolute Gasteiger partial charge is 0.128 e. The SMILES string of the molecule is CSc1cc(C(C)C=O)ncn1. The van der Waals surface area contributed by atoms with Crippen LogP contribution in [0.25, 0.3) is 0 Å². The van der Waals surface area contributed by atoms with Gasteiger partial charge in [0.15, 0.2) is 0 Å². The van der Waals surface area contributed by atoms with Gasteiger partial charge in [0.25, 0.3) is 0 Å². The van der Waals surface area contributed by atoms with Gasteiger partial charge in [-0.15, -0.1) is 11.8 Å². The number of carbonyl (C=O) groups is 1. The molecule has 0 aromatic carbocycles. The van der Waals surface area contributed by atoms with E-state index in [1.807, 2.05) is 19.2 Å². The number of aldehydes is 1. The Hall–Kier alpha value is -0.900. The van der Waals surface area contributed by atoms with Crippen molar-refractivity contribution in [1.82, 2.24) is 9.97 Å². The number of aromatic nitrogens is 2. The van der Waals surface area contributed by atoms with Crippen molar-refractivity contribution in [3.05, 3.63) is 18.1 Å². The summed E-state index contributed by atoms with van der Waals surface area (Å²) in [6.07, 6.45) is 4.31. The van der Waals surface area contributed by atoms with E-state index in [1.54, 1.807) is 11.8 Å². The van der Waals surface area contributed by atoms with Crippen LogP contribution in [0, 0.1) is 0 Å². The Morgan fingerprint density at radius 3 is 2.92 bits per heavy atom. The molecular weight excluding hydrogens is 172 g/mol. The third-order valence-corrected chi connectivity index (χ3v) is 2.18. The zero-order chi connectivity index (χ0) is 8.97. The zero-order valence-electron chi connectivity index (χ0n) is 7.02. The summed E-state index contributed by atoms with van der Waals surface area (Å²) in [5, 5.41) is 0.897. The minimum Gasteiger partial charge on any atom is -0.303 e. The summed E-state index contributed by atoms with van der Waals surface area (Å²) in [5.41, 5.74) is 0.782. The molecule has 4 heteroatoms. The average Bonchev–Trinajstić information content (AvgIpc) is 2.17. The van der Waals surface area contributed by atoms with Gasteiger partial charge in [0.1, 0.15) is 12.6 Å². The van der Waals surface area contributed by atoms with Gasteiger partial charge in [-0.2, -0.15) is 0 Å². The maximum Gasteiger partial charge on any atom is 0.128 e. The van der Waals surface area contributed by atoms with E-state index in [2.05, 4.69) is 9.97 Å². The Morgan fingerprint density at radius 2 is 2.33 bits per heavy atom. The van der Waals surface area contributed by atoms with E-state index in [9.17, 15) is 4.79 Å². The summed E-state index contributed by atoms with van der Waals surface area (Å²) >= 11 is 1.54. The van der Waals surface area contributed by atoms with Crippen LogP contribution in [-0.2, 0) is 4.79 Å². The highest BCUT2D eigenvalue weighted by atomic mass is 32.2. The molecule has 1 heterocycles. The van der Waals surface area contributed by atoms with Gasteiger partial charge in [-0.1, -0.05) is 6.92 Å². The average molecular weight is 182 g/mol. The van der Waals surface area contributed by atoms with Crippen molar-refractivity contribution in [2.24, 2.45) is 0 Å². The van der Waals surface area contributed by atoms with Crippen LogP contribution < -0.4 is 0 Å². The Kier molecular flexibility index (Phi) is 3.22. The van der Waals surface area contributed by atoms with Crippen LogP contribution in [0.4, 0.5) is 0 Å². The van der Waals surface area contributed by atoms with Crippen LogP contribution in [0.1, 0.15) is 18.5 Å². The van der Waals surface area contributed by atoms with E-state index in [4.69, 9.17) is 0 Å². The highest BCUT2D eigenvalue weighted by molar-refractivity contribution is 7.98. The van der Waals surface area contributed by atoms with Crippen LogP contribution in [-0.4, -0.2) is 22.5 Å². The largest absolute Gasteiger partial charge is 0.303 e. The van der Waals surface area contributed by atoms with Crippen LogP contribution >= 0.6 is 11.8 Å². The normalized spacial score (nSPS) is 12.5. The molecule has 0 spiro atoms. The standard InChI is InChI=1S/C8H10N2OS/c1-6(4-11)7-3-8(12-2)10-5-9-7/h3-6H,1-2H3. The van der Waals surface area contributed by atoms with Crippen molar-refractivity contribution in [2.75, 3.05) is 6.26 Å². The van der Waals surface area contributed by atoms with Crippen LogP contribution in [0.15, 0.2) is 17.4 Å². The molecule has 3 nitrogen and oxygen atoms in total. The molecule has 0 amide bonds. The molecule has 1 atom stereocenters. The first-order valence-corrected chi connectivity index (χ1v) is 4.81. The number of hydrogen-bond acceptors (Lipinski definition) is 4. The second kappa shape index (κ2) is 4.21. The molecule has 0 saturated carbocycles. The van der Waals surface area contributed by atoms with Gasteiger partial charge < -0.3 is 4.79 Å². The lowest BCUT2D eigenvalue weighted by atomic mass is 10.1. The summed E-state index contributed by atoms with van der Waals surface area (Å²) in [6, 6.07) is 1.84. The number of thioether (sulfide) groups is 1. The van der Waals surface area contributed by atoms with Gasteiger partial charge in [-0.3, -0.25) is 0 Å². The number of hydrogen-bond donors (Lipinski definition) is 0. The van der Waals surface area contributed by atoms with Crippen molar-refractivity contribution >= 4 is 18.0 Å². The molecule has 0 aliphatic heterocycles. The van der Waals surface area contributed by atoms with Crippen molar-refractivity contribution in [3.63, 3.8) is 0 Å². The Morgan fingerprint density at radius 1 is 1.58 bits per heavy atom. The molecule has 0 bridgehead atoms. The topological polar surface area (TPSA) is 42.9 Å². The molecule has 1 rings (SSSR count). The fourth-order valence-corrected chi connectivity index (χ4v) is 1.17. The lowest BCUT2D eigenvalue weighted by Gasteiger charge is -2.02. The van der Waals surface area contributed by atoms with Crippen molar-refractivity contribution in [1.29, 1.82) is 0 Å². The number of carbonyl (C=O) groups excluding carboxylic acids is 1. The minimum atomic E-state index is -0.140. The van der Waals surface area contributed by atoms with Crippen molar-refractivity contribution in [2.45, 2.75) is 17.9 Å². The van der Waals surface area contributed by atoms with Gasteiger partial charge in [0.05, 0.1) is 16.6 Å². The van der Waals surface area contributed by atoms with Crippen molar-refractivity contribution in [3.8, 4) is 0 Å². The molecule has 0 aliphatic rings. The van der Waals surface area contributed by atoms with Gasteiger partial charge in [-0.05, 0) is 12.3 Å². The molecule has 0 fully saturated rings. The maximum atomic E-state index is 10.4. The van der Waals surface area contributed by atoms with E-state index in [-0.39, 0.29) is 5.92 Å². The molecule has 0 radical (unpaired) electrons. The highest BCUT2D eigenvalue weighted by Crippen LogP contribution is 2.15. The van der Waals surface area contributed by atoms with Gasteiger partial charge in [-0.25, -0.2) is 9.97 Å². The molecule has 1 unspecified atom stereocenters. The van der Waals surface area contributed by atoms with E-state index in [0.29, 0.717) is 0 Å². The first-order valence-electron chi connectivity index (χ1n) is 3.59. The Labute approximate surface area is 75.6 Å². The molecule has 1 aromatic rings. The summed E-state index contributed by atoms with van der Waals surface area (Å²) in [4.78, 5) is 18.5. The minimum absolute atomic E-state index is 0.140. The monoisotopic (exact) mass is 182 g/mol. The quantitative estimate of drug-likeness (QED) is 0.403. The lowest BCUT2D eigenvalue weighted by molar-refractivity contribution is -0.108. The zero-order valence-corrected chi connectivity index (χ0v) is 7.84. The summed E-state index contributed by atoms with van der Waals surface area (Å²) in [7, 11) is 0. The molecule has 0 aliphatic carbocycles. The lowest BCUT2D eigenvalue weighted by Crippen LogP contribution is -1.98. The first-order chi connectivity index (χ1) is 5.77. The number of rotatable bonds is 3. The first kappa shape index (κ1) is 9.19. The fourth-order valence-electron chi connectivity index (χ4n) is 0.784. The fraction of sp³-hybridized carbons (Fsp3) is 0.375. The van der Waals surface area contributed by atoms with Crippen LogP contribution in [0.2, 0.25) is 0 Å². The highest BCUT2D eigenvalue weighted by Gasteiger charge is 2.05. The number of nitrogens with zero attached hydrogens (tertiary/aromatic N) is 2. The van der Waals surface area contributed by atoms with E-state index in [1.165, 1.54) is 6.33 Å². The predicted octanol–water partition coefficient (Wildman–Crippen LogP) is 1.50. The summed E-state index contributed by atoms with van der Waals surface area (Å²) in [5.74, 6) is -0.140. The van der Waals surface area contributed by atoms with Gasteiger partial charge in [0.2, 0.25) is 0 Å². The maximum absolute atomic E-state index is 10.4. The predicted molar refractivity (Wildman–Crippen MR) is 48.3 cm³/mol. The second-order valence-corrected chi connectivity index (χ2v) is 3.24. The molecule has 64 valence electrons. The van der Waals surface area contributed by atoms with Gasteiger partial charge in [0, 0.05) is 0 Å². The summed E-state index contributed by atoms with van der Waals surface area (Å²) < 4.78 is 0. The van der Waals surface area contributed by atoms with Gasteiger partial charge >= 0.3 is 0 Å². The third-order valence-electron chi connectivity index (χ3n) is 1.54. The Bertz CT molecular complexity index is 278. The molecule has 12 heavy (non-hydrogen) atoms. The van der Waals surface area contributed by atoms with E-state index in [0.717, 1.165) is 17.0 Å². The van der Waals surface area contributed by atoms with Crippen LogP contribution in [0.5, 0.6) is 0 Å². The molecule has 0 N–H and O–H groups in total. The Balaban J connectivity index is 2.93. The molecular formula is C8H10N2OS. The third kappa shape index (κ3) is 2.04. The van der Waals surface area contributed by atoms with E-state index >= 15 is 0 Å². The summed E-state index contributed by atoms with van der Waals surface area (Å²) in [6.45, 7) is 1.82. The molecule has 1 aromatic heterocycles. The van der Waals surface area contributed by atoms with Crippen molar-refractivity contribution < 1.29 is 4.79 Å². The van der Waals surface area contributed by atoms with Crippen LogP contribution in [0.3, 0.4) is 0 Å². The second-order valence-electron chi connectivity index (χ2n) is 2.41. The van der Waals surface area contributed by atoms with E-state index < -0.39 is 0 Å². The molecule has 0 saturated heterocycles.